The van der Waals surface area contributed by atoms with Crippen molar-refractivity contribution in [3.8, 4) is 5.75 Å². The second kappa shape index (κ2) is 7.33. The average molecular weight is 296 g/mol. The van der Waals surface area contributed by atoms with E-state index in [1.54, 1.807) is 0 Å². The summed E-state index contributed by atoms with van der Waals surface area (Å²) in [6.45, 7) is 5.48. The highest BCUT2D eigenvalue weighted by molar-refractivity contribution is 6.30. The third-order valence-corrected chi connectivity index (χ3v) is 5.07. The lowest BCUT2D eigenvalue weighted by molar-refractivity contribution is 0.140. The number of hydrogen-bond acceptors (Lipinski definition) is 2. The van der Waals surface area contributed by atoms with Crippen LogP contribution < -0.4 is 10.1 Å². The molecule has 1 fully saturated rings. The molecule has 1 saturated carbocycles. The van der Waals surface area contributed by atoms with E-state index in [1.807, 2.05) is 31.3 Å². The molecular formula is C17H26ClNO. The highest BCUT2D eigenvalue weighted by Crippen LogP contribution is 2.35. The molecule has 0 aromatic heterocycles. The number of rotatable bonds is 5. The predicted molar refractivity (Wildman–Crippen MR) is 85.5 cm³/mol. The molecule has 0 radical (unpaired) electrons. The van der Waals surface area contributed by atoms with E-state index in [2.05, 4.69) is 19.2 Å². The minimum Gasteiger partial charge on any atom is -0.492 e. The molecule has 20 heavy (non-hydrogen) atoms. The van der Waals surface area contributed by atoms with Gasteiger partial charge in [0.05, 0.1) is 0 Å². The SMILES string of the molecule is CNC(COc1ccc(Cl)cc1)C1CCC(C)C(C)C1. The van der Waals surface area contributed by atoms with Gasteiger partial charge in [-0.25, -0.2) is 0 Å². The molecular weight excluding hydrogens is 270 g/mol. The molecule has 1 N–H and O–H groups in total. The Morgan fingerprint density at radius 1 is 1.20 bits per heavy atom. The fourth-order valence-corrected chi connectivity index (χ4v) is 3.25. The van der Waals surface area contributed by atoms with Crippen LogP contribution in [0.2, 0.25) is 5.02 Å². The Kier molecular flexibility index (Phi) is 5.74. The summed E-state index contributed by atoms with van der Waals surface area (Å²) in [5.41, 5.74) is 0. The minimum absolute atomic E-state index is 0.431. The first kappa shape index (κ1) is 15.7. The zero-order valence-electron chi connectivity index (χ0n) is 12.7. The standard InChI is InChI=1S/C17H26ClNO/c1-12-4-5-14(10-13(12)2)17(19-3)11-20-16-8-6-15(18)7-9-16/h6-9,12-14,17,19H,4-5,10-11H2,1-3H3. The van der Waals surface area contributed by atoms with E-state index in [0.29, 0.717) is 6.04 Å². The average Bonchev–Trinajstić information content (AvgIpc) is 2.45. The fraction of sp³-hybridized carbons (Fsp3) is 0.647. The number of nitrogens with one attached hydrogen (secondary N) is 1. The zero-order valence-corrected chi connectivity index (χ0v) is 13.5. The van der Waals surface area contributed by atoms with Crippen molar-refractivity contribution < 1.29 is 4.74 Å². The van der Waals surface area contributed by atoms with Crippen molar-refractivity contribution in [3.63, 3.8) is 0 Å². The van der Waals surface area contributed by atoms with Crippen LogP contribution in [0, 0.1) is 17.8 Å². The van der Waals surface area contributed by atoms with E-state index in [0.717, 1.165) is 35.1 Å². The van der Waals surface area contributed by atoms with Crippen molar-refractivity contribution in [1.82, 2.24) is 5.32 Å². The zero-order chi connectivity index (χ0) is 14.5. The van der Waals surface area contributed by atoms with Crippen molar-refractivity contribution >= 4 is 11.6 Å². The molecule has 1 aromatic rings. The third kappa shape index (κ3) is 4.13. The summed E-state index contributed by atoms with van der Waals surface area (Å²) in [5.74, 6) is 3.30. The van der Waals surface area contributed by atoms with Gasteiger partial charge in [-0.3, -0.25) is 0 Å². The van der Waals surface area contributed by atoms with Crippen LogP contribution in [-0.4, -0.2) is 19.7 Å². The van der Waals surface area contributed by atoms with Crippen molar-refractivity contribution in [2.45, 2.75) is 39.2 Å². The molecule has 4 unspecified atom stereocenters. The van der Waals surface area contributed by atoms with Gasteiger partial charge in [0.1, 0.15) is 12.4 Å². The number of halogens is 1. The summed E-state index contributed by atoms with van der Waals surface area (Å²) in [6.07, 6.45) is 3.95. The smallest absolute Gasteiger partial charge is 0.119 e. The molecule has 3 heteroatoms. The monoisotopic (exact) mass is 295 g/mol. The molecule has 2 rings (SSSR count). The highest BCUT2D eigenvalue weighted by atomic mass is 35.5. The molecule has 4 atom stereocenters. The van der Waals surface area contributed by atoms with Gasteiger partial charge < -0.3 is 10.1 Å². The summed E-state index contributed by atoms with van der Waals surface area (Å²) in [4.78, 5) is 0. The second-order valence-electron chi connectivity index (χ2n) is 6.19. The van der Waals surface area contributed by atoms with E-state index >= 15 is 0 Å². The van der Waals surface area contributed by atoms with Crippen LogP contribution in [0.1, 0.15) is 33.1 Å². The van der Waals surface area contributed by atoms with Crippen LogP contribution in [0.4, 0.5) is 0 Å². The molecule has 0 bridgehead atoms. The molecule has 1 aliphatic carbocycles. The fourth-order valence-electron chi connectivity index (χ4n) is 3.13. The molecule has 112 valence electrons. The van der Waals surface area contributed by atoms with Crippen LogP contribution in [0.5, 0.6) is 5.75 Å². The van der Waals surface area contributed by atoms with Gasteiger partial charge in [0.2, 0.25) is 0 Å². The van der Waals surface area contributed by atoms with Gasteiger partial charge in [-0.05, 0) is 61.9 Å². The van der Waals surface area contributed by atoms with E-state index < -0.39 is 0 Å². The van der Waals surface area contributed by atoms with Crippen LogP contribution in [0.25, 0.3) is 0 Å². The molecule has 2 nitrogen and oxygen atoms in total. The van der Waals surface area contributed by atoms with Crippen molar-refractivity contribution in [2.75, 3.05) is 13.7 Å². The van der Waals surface area contributed by atoms with Gasteiger partial charge in [-0.15, -0.1) is 0 Å². The van der Waals surface area contributed by atoms with Gasteiger partial charge >= 0.3 is 0 Å². The van der Waals surface area contributed by atoms with E-state index in [9.17, 15) is 0 Å². The number of likely N-dealkylation sites (N-methyl/N-ethyl adjacent to an activating group) is 1. The Hall–Kier alpha value is -0.730. The maximum atomic E-state index is 5.91. The first-order valence-corrected chi connectivity index (χ1v) is 8.03. The summed E-state index contributed by atoms with van der Waals surface area (Å²) in [6, 6.07) is 8.03. The van der Waals surface area contributed by atoms with Crippen LogP contribution >= 0.6 is 11.6 Å². The Morgan fingerprint density at radius 3 is 2.50 bits per heavy atom. The number of hydrogen-bond donors (Lipinski definition) is 1. The maximum absolute atomic E-state index is 5.91. The summed E-state index contributed by atoms with van der Waals surface area (Å²) in [5, 5.41) is 4.19. The van der Waals surface area contributed by atoms with E-state index in [1.165, 1.54) is 19.3 Å². The molecule has 0 amide bonds. The first-order valence-electron chi connectivity index (χ1n) is 7.65. The summed E-state index contributed by atoms with van der Waals surface area (Å²) in [7, 11) is 2.04. The largest absolute Gasteiger partial charge is 0.492 e. The van der Waals surface area contributed by atoms with Gasteiger partial charge in [0, 0.05) is 11.1 Å². The maximum Gasteiger partial charge on any atom is 0.119 e. The third-order valence-electron chi connectivity index (χ3n) is 4.82. The molecule has 0 heterocycles. The van der Waals surface area contributed by atoms with Gasteiger partial charge in [-0.2, -0.15) is 0 Å². The predicted octanol–water partition coefficient (Wildman–Crippen LogP) is 4.38. The van der Waals surface area contributed by atoms with Crippen LogP contribution in [0.15, 0.2) is 24.3 Å². The van der Waals surface area contributed by atoms with Gasteiger partial charge in [0.15, 0.2) is 0 Å². The van der Waals surface area contributed by atoms with Gasteiger partial charge in [-0.1, -0.05) is 31.9 Å². The Bertz CT molecular complexity index is 406. The number of ether oxygens (including phenoxy) is 1. The van der Waals surface area contributed by atoms with Crippen molar-refractivity contribution in [1.29, 1.82) is 0 Å². The lowest BCUT2D eigenvalue weighted by atomic mass is 9.73. The Labute approximate surface area is 127 Å². The molecule has 0 spiro atoms. The van der Waals surface area contributed by atoms with Crippen LogP contribution in [-0.2, 0) is 0 Å². The second-order valence-corrected chi connectivity index (χ2v) is 6.62. The highest BCUT2D eigenvalue weighted by Gasteiger charge is 2.29. The normalized spacial score (nSPS) is 28.1. The molecule has 0 aliphatic heterocycles. The summed E-state index contributed by atoms with van der Waals surface area (Å²) >= 11 is 5.89. The minimum atomic E-state index is 0.431. The molecule has 1 aromatic carbocycles. The first-order chi connectivity index (χ1) is 9.60. The van der Waals surface area contributed by atoms with Gasteiger partial charge in [0.25, 0.3) is 0 Å². The summed E-state index contributed by atoms with van der Waals surface area (Å²) < 4.78 is 5.91. The van der Waals surface area contributed by atoms with E-state index in [4.69, 9.17) is 16.3 Å². The lowest BCUT2D eigenvalue weighted by Crippen LogP contribution is -2.41. The van der Waals surface area contributed by atoms with Crippen molar-refractivity contribution in [2.24, 2.45) is 17.8 Å². The van der Waals surface area contributed by atoms with Crippen molar-refractivity contribution in [3.05, 3.63) is 29.3 Å². The van der Waals surface area contributed by atoms with E-state index in [-0.39, 0.29) is 0 Å². The quantitative estimate of drug-likeness (QED) is 0.870. The molecule has 1 aliphatic rings. The Morgan fingerprint density at radius 2 is 1.90 bits per heavy atom. The number of benzene rings is 1. The molecule has 0 saturated heterocycles. The van der Waals surface area contributed by atoms with Crippen LogP contribution in [0.3, 0.4) is 0 Å². The lowest BCUT2D eigenvalue weighted by Gasteiger charge is -2.36. The Balaban J connectivity index is 1.87. The topological polar surface area (TPSA) is 21.3 Å².